The normalized spacial score (nSPS) is 21.8. The fourth-order valence-electron chi connectivity index (χ4n) is 3.02. The van der Waals surface area contributed by atoms with Crippen molar-refractivity contribution in [2.45, 2.75) is 51.1 Å². The van der Waals surface area contributed by atoms with Gasteiger partial charge >= 0.3 is 6.03 Å². The maximum absolute atomic E-state index is 12.4. The fourth-order valence-corrected chi connectivity index (χ4v) is 3.02. The summed E-state index contributed by atoms with van der Waals surface area (Å²) in [4.78, 5) is 38.9. The molecule has 0 aromatic rings. The lowest BCUT2D eigenvalue weighted by Gasteiger charge is -2.29. The highest BCUT2D eigenvalue weighted by Gasteiger charge is 2.45. The first kappa shape index (κ1) is 15.8. The van der Waals surface area contributed by atoms with Gasteiger partial charge in [0.1, 0.15) is 12.1 Å². The van der Waals surface area contributed by atoms with E-state index in [4.69, 9.17) is 5.11 Å². The molecule has 1 aliphatic heterocycles. The van der Waals surface area contributed by atoms with Crippen LogP contribution in [0.25, 0.3) is 0 Å². The van der Waals surface area contributed by atoms with Crippen LogP contribution in [0.15, 0.2) is 0 Å². The van der Waals surface area contributed by atoms with E-state index in [9.17, 15) is 14.4 Å². The number of carbonyl (C=O) groups excluding carboxylic acids is 3. The van der Waals surface area contributed by atoms with Crippen molar-refractivity contribution >= 4 is 17.8 Å². The van der Waals surface area contributed by atoms with E-state index in [1.165, 1.54) is 0 Å². The Kier molecular flexibility index (Phi) is 4.51. The quantitative estimate of drug-likeness (QED) is 0.703. The molecule has 1 heterocycles. The van der Waals surface area contributed by atoms with Crippen LogP contribution in [0.2, 0.25) is 0 Å². The highest BCUT2D eigenvalue weighted by molar-refractivity contribution is 6.08. The Hall–Kier alpha value is -1.63. The summed E-state index contributed by atoms with van der Waals surface area (Å²) >= 11 is 0. The molecule has 0 unspecified atom stereocenters. The van der Waals surface area contributed by atoms with Gasteiger partial charge in [0.15, 0.2) is 0 Å². The molecule has 1 saturated heterocycles. The van der Waals surface area contributed by atoms with E-state index in [1.54, 1.807) is 18.7 Å². The zero-order valence-electron chi connectivity index (χ0n) is 12.6. The van der Waals surface area contributed by atoms with Crippen LogP contribution in [-0.2, 0) is 9.59 Å². The minimum atomic E-state index is -0.966. The molecule has 2 N–H and O–H groups in total. The number of imide groups is 1. The Labute approximate surface area is 124 Å². The summed E-state index contributed by atoms with van der Waals surface area (Å²) in [5, 5.41) is 11.7. The standard InChI is InChI=1S/C14H23N3O4/c1-14(2)12(20)17(13(21)15-14)9-11(19)16(7-8-18)10-5-3-4-6-10/h10,18H,3-9H2,1-2H3,(H,15,21). The van der Waals surface area contributed by atoms with Crippen molar-refractivity contribution in [1.82, 2.24) is 15.1 Å². The first-order valence-corrected chi connectivity index (χ1v) is 7.41. The number of amides is 4. The summed E-state index contributed by atoms with van der Waals surface area (Å²) in [6.07, 6.45) is 3.96. The molecule has 0 spiro atoms. The summed E-state index contributed by atoms with van der Waals surface area (Å²) in [6, 6.07) is -0.424. The molecule has 0 aromatic heterocycles. The number of hydrogen-bond donors (Lipinski definition) is 2. The van der Waals surface area contributed by atoms with Gasteiger partial charge in [0, 0.05) is 12.6 Å². The van der Waals surface area contributed by atoms with Gasteiger partial charge in [-0.05, 0) is 26.7 Å². The first-order valence-electron chi connectivity index (χ1n) is 7.41. The molecule has 0 radical (unpaired) electrons. The van der Waals surface area contributed by atoms with E-state index >= 15 is 0 Å². The van der Waals surface area contributed by atoms with Gasteiger partial charge in [-0.3, -0.25) is 14.5 Å². The largest absolute Gasteiger partial charge is 0.395 e. The van der Waals surface area contributed by atoms with Crippen molar-refractivity contribution in [2.24, 2.45) is 0 Å². The van der Waals surface area contributed by atoms with Crippen molar-refractivity contribution in [3.63, 3.8) is 0 Å². The summed E-state index contributed by atoms with van der Waals surface area (Å²) in [5.74, 6) is -0.673. The molecule has 118 valence electrons. The van der Waals surface area contributed by atoms with E-state index in [0.717, 1.165) is 30.6 Å². The topological polar surface area (TPSA) is 90.0 Å². The van der Waals surface area contributed by atoms with E-state index in [0.29, 0.717) is 0 Å². The van der Waals surface area contributed by atoms with Gasteiger partial charge in [-0.1, -0.05) is 12.8 Å². The van der Waals surface area contributed by atoms with Crippen molar-refractivity contribution in [3.8, 4) is 0 Å². The second kappa shape index (κ2) is 6.01. The Morgan fingerprint density at radius 1 is 1.38 bits per heavy atom. The lowest BCUT2D eigenvalue weighted by molar-refractivity contribution is -0.140. The number of urea groups is 1. The van der Waals surface area contributed by atoms with Crippen LogP contribution in [0.5, 0.6) is 0 Å². The third kappa shape index (κ3) is 3.18. The van der Waals surface area contributed by atoms with Gasteiger partial charge in [0.2, 0.25) is 5.91 Å². The van der Waals surface area contributed by atoms with Crippen LogP contribution < -0.4 is 5.32 Å². The van der Waals surface area contributed by atoms with Crippen molar-refractivity contribution < 1.29 is 19.5 Å². The summed E-state index contributed by atoms with van der Waals surface area (Å²) in [6.45, 7) is 3.09. The van der Waals surface area contributed by atoms with Crippen LogP contribution >= 0.6 is 0 Å². The molecule has 1 saturated carbocycles. The molecule has 4 amide bonds. The number of carbonyl (C=O) groups is 3. The van der Waals surface area contributed by atoms with Gasteiger partial charge in [-0.15, -0.1) is 0 Å². The SMILES string of the molecule is CC1(C)NC(=O)N(CC(=O)N(CCO)C2CCCC2)C1=O. The number of aliphatic hydroxyl groups excluding tert-OH is 1. The summed E-state index contributed by atoms with van der Waals surface area (Å²) in [7, 11) is 0. The summed E-state index contributed by atoms with van der Waals surface area (Å²) in [5.41, 5.74) is -0.966. The lowest BCUT2D eigenvalue weighted by atomic mass is 10.1. The van der Waals surface area contributed by atoms with Crippen molar-refractivity contribution in [3.05, 3.63) is 0 Å². The van der Waals surface area contributed by atoms with E-state index in [1.807, 2.05) is 0 Å². The fraction of sp³-hybridized carbons (Fsp3) is 0.786. The highest BCUT2D eigenvalue weighted by atomic mass is 16.3. The molecule has 2 aliphatic rings. The number of nitrogens with zero attached hydrogens (tertiary/aromatic N) is 2. The zero-order valence-corrected chi connectivity index (χ0v) is 12.6. The summed E-state index contributed by atoms with van der Waals surface area (Å²) < 4.78 is 0. The van der Waals surface area contributed by atoms with Crippen LogP contribution in [0.4, 0.5) is 4.79 Å². The number of rotatable bonds is 5. The van der Waals surface area contributed by atoms with Crippen LogP contribution in [-0.4, -0.2) is 64.0 Å². The van der Waals surface area contributed by atoms with Gasteiger partial charge in [-0.25, -0.2) is 4.79 Å². The molecule has 7 heteroatoms. The third-order valence-corrected chi connectivity index (χ3v) is 4.16. The van der Waals surface area contributed by atoms with Crippen LogP contribution in [0.3, 0.4) is 0 Å². The molecule has 7 nitrogen and oxygen atoms in total. The predicted molar refractivity (Wildman–Crippen MR) is 75.4 cm³/mol. The van der Waals surface area contributed by atoms with Crippen LogP contribution in [0, 0.1) is 0 Å². The molecule has 2 rings (SSSR count). The Morgan fingerprint density at radius 3 is 2.48 bits per heavy atom. The second-order valence-corrected chi connectivity index (χ2v) is 6.20. The Morgan fingerprint density at radius 2 is 2.00 bits per heavy atom. The van der Waals surface area contributed by atoms with Gasteiger partial charge in [0.05, 0.1) is 6.61 Å². The van der Waals surface area contributed by atoms with E-state index in [2.05, 4.69) is 5.32 Å². The Balaban J connectivity index is 2.04. The third-order valence-electron chi connectivity index (χ3n) is 4.16. The van der Waals surface area contributed by atoms with Gasteiger partial charge in [0.25, 0.3) is 5.91 Å². The maximum atomic E-state index is 12.4. The van der Waals surface area contributed by atoms with Crippen LogP contribution in [0.1, 0.15) is 39.5 Å². The minimum absolute atomic E-state index is 0.110. The molecular formula is C14H23N3O4. The van der Waals surface area contributed by atoms with Crippen molar-refractivity contribution in [2.75, 3.05) is 19.7 Å². The monoisotopic (exact) mass is 297 g/mol. The molecule has 1 aliphatic carbocycles. The first-order chi connectivity index (χ1) is 9.86. The zero-order chi connectivity index (χ0) is 15.6. The van der Waals surface area contributed by atoms with E-state index in [-0.39, 0.29) is 31.6 Å². The second-order valence-electron chi connectivity index (χ2n) is 6.20. The predicted octanol–water partition coefficient (Wildman–Crippen LogP) is 0.0803. The molecule has 0 atom stereocenters. The molecule has 0 aromatic carbocycles. The minimum Gasteiger partial charge on any atom is -0.395 e. The smallest absolute Gasteiger partial charge is 0.325 e. The van der Waals surface area contributed by atoms with Gasteiger partial charge in [-0.2, -0.15) is 0 Å². The molecular weight excluding hydrogens is 274 g/mol. The van der Waals surface area contributed by atoms with E-state index < -0.39 is 17.5 Å². The molecule has 2 fully saturated rings. The highest BCUT2D eigenvalue weighted by Crippen LogP contribution is 2.24. The number of aliphatic hydroxyl groups is 1. The van der Waals surface area contributed by atoms with Crippen molar-refractivity contribution in [1.29, 1.82) is 0 Å². The average Bonchev–Trinajstić information content (AvgIpc) is 2.99. The average molecular weight is 297 g/mol. The lowest BCUT2D eigenvalue weighted by Crippen LogP contribution is -2.48. The number of nitrogens with one attached hydrogen (secondary N) is 1. The molecule has 0 bridgehead atoms. The van der Waals surface area contributed by atoms with Gasteiger partial charge < -0.3 is 15.3 Å². The Bertz CT molecular complexity index is 444. The number of hydrogen-bond acceptors (Lipinski definition) is 4. The maximum Gasteiger partial charge on any atom is 0.325 e. The molecule has 21 heavy (non-hydrogen) atoms.